The van der Waals surface area contributed by atoms with Crippen LogP contribution in [0.2, 0.25) is 0 Å². The Morgan fingerprint density at radius 2 is 2.18 bits per heavy atom. The fourth-order valence-corrected chi connectivity index (χ4v) is 2.69. The van der Waals surface area contributed by atoms with Gasteiger partial charge in [-0.3, -0.25) is 4.79 Å². The highest BCUT2D eigenvalue weighted by Crippen LogP contribution is 2.38. The van der Waals surface area contributed by atoms with Gasteiger partial charge in [-0.15, -0.1) is 11.8 Å². The summed E-state index contributed by atoms with van der Waals surface area (Å²) >= 11 is 1.51. The summed E-state index contributed by atoms with van der Waals surface area (Å²) in [5.41, 5.74) is 0.0565. The van der Waals surface area contributed by atoms with Crippen LogP contribution in [-0.4, -0.2) is 22.7 Å². The average Bonchev–Trinajstić information content (AvgIpc) is 2.37. The quantitative estimate of drug-likeness (QED) is 0.804. The zero-order chi connectivity index (χ0) is 12.6. The highest BCUT2D eigenvalue weighted by atomic mass is 32.2. The summed E-state index contributed by atoms with van der Waals surface area (Å²) in [4.78, 5) is 23.9. The molecule has 2 rings (SSSR count). The van der Waals surface area contributed by atoms with Crippen LogP contribution in [0.4, 0.5) is 5.69 Å². The number of carboxylic acids is 1. The van der Waals surface area contributed by atoms with Gasteiger partial charge in [-0.1, -0.05) is 19.9 Å². The van der Waals surface area contributed by atoms with Gasteiger partial charge in [0.05, 0.1) is 16.7 Å². The normalized spacial score (nSPS) is 17.9. The molecule has 0 fully saturated rings. The lowest BCUT2D eigenvalue weighted by molar-refractivity contribution is -0.122. The fraction of sp³-hybridized carbons (Fsp3) is 0.333. The van der Waals surface area contributed by atoms with E-state index in [1.54, 1.807) is 6.07 Å². The number of para-hydroxylation sites is 1. The maximum atomic E-state index is 12.0. The molecule has 0 aromatic heterocycles. The van der Waals surface area contributed by atoms with Crippen LogP contribution in [0.1, 0.15) is 24.2 Å². The zero-order valence-electron chi connectivity index (χ0n) is 9.61. The number of thioether (sulfide) groups is 1. The zero-order valence-corrected chi connectivity index (χ0v) is 10.4. The molecule has 0 saturated heterocycles. The number of amides is 1. The molecule has 0 atom stereocenters. The number of fused-ring (bicyclic) bond motifs is 1. The van der Waals surface area contributed by atoms with E-state index in [9.17, 15) is 9.59 Å². The first-order chi connectivity index (χ1) is 7.92. The summed E-state index contributed by atoms with van der Waals surface area (Å²) in [6.07, 6.45) is 0. The van der Waals surface area contributed by atoms with Gasteiger partial charge < -0.3 is 10.4 Å². The highest BCUT2D eigenvalue weighted by Gasteiger charge is 2.32. The van der Waals surface area contributed by atoms with E-state index >= 15 is 0 Å². The van der Waals surface area contributed by atoms with Crippen molar-refractivity contribution in [1.29, 1.82) is 0 Å². The van der Waals surface area contributed by atoms with Crippen LogP contribution in [0.5, 0.6) is 0 Å². The van der Waals surface area contributed by atoms with E-state index in [0.717, 1.165) is 4.90 Å². The summed E-state index contributed by atoms with van der Waals surface area (Å²) in [5.74, 6) is -0.533. The number of hydrogen-bond donors (Lipinski definition) is 2. The summed E-state index contributed by atoms with van der Waals surface area (Å²) in [6, 6.07) is 5.02. The van der Waals surface area contributed by atoms with E-state index < -0.39 is 11.4 Å². The number of carbonyl (C=O) groups excluding carboxylic acids is 1. The second-order valence-electron chi connectivity index (χ2n) is 4.61. The summed E-state index contributed by atoms with van der Waals surface area (Å²) in [7, 11) is 0. The predicted molar refractivity (Wildman–Crippen MR) is 66.5 cm³/mol. The lowest BCUT2D eigenvalue weighted by Crippen LogP contribution is -2.31. The molecule has 0 bridgehead atoms. The van der Waals surface area contributed by atoms with E-state index in [2.05, 4.69) is 5.32 Å². The van der Waals surface area contributed by atoms with Crippen molar-refractivity contribution < 1.29 is 14.7 Å². The van der Waals surface area contributed by atoms with Crippen molar-refractivity contribution in [2.24, 2.45) is 5.41 Å². The van der Waals surface area contributed by atoms with Gasteiger partial charge in [-0.05, 0) is 12.1 Å². The Hall–Kier alpha value is -1.49. The largest absolute Gasteiger partial charge is 0.478 e. The molecule has 0 unspecified atom stereocenters. The molecule has 2 N–H and O–H groups in total. The van der Waals surface area contributed by atoms with Crippen molar-refractivity contribution in [2.45, 2.75) is 18.7 Å². The van der Waals surface area contributed by atoms with E-state index in [-0.39, 0.29) is 11.5 Å². The maximum Gasteiger partial charge on any atom is 0.337 e. The molecule has 5 heteroatoms. The second kappa shape index (κ2) is 4.07. The van der Waals surface area contributed by atoms with Gasteiger partial charge in [0, 0.05) is 10.6 Å². The molecule has 0 saturated carbocycles. The first kappa shape index (κ1) is 12.0. The summed E-state index contributed by atoms with van der Waals surface area (Å²) < 4.78 is 0. The average molecular weight is 251 g/mol. The van der Waals surface area contributed by atoms with Crippen molar-refractivity contribution in [3.05, 3.63) is 23.8 Å². The molecule has 0 radical (unpaired) electrons. The van der Waals surface area contributed by atoms with Gasteiger partial charge in [0.1, 0.15) is 0 Å². The van der Waals surface area contributed by atoms with Gasteiger partial charge >= 0.3 is 5.97 Å². The molecule has 4 nitrogen and oxygen atoms in total. The number of benzene rings is 1. The number of carbonyl (C=O) groups is 2. The van der Waals surface area contributed by atoms with Crippen LogP contribution in [0.3, 0.4) is 0 Å². The van der Waals surface area contributed by atoms with Crippen LogP contribution < -0.4 is 5.32 Å². The van der Waals surface area contributed by atoms with E-state index in [0.29, 0.717) is 11.4 Å². The number of carboxylic acid groups (broad SMARTS) is 1. The number of nitrogens with one attached hydrogen (secondary N) is 1. The minimum atomic E-state index is -1.03. The molecule has 1 amide bonds. The molecule has 0 aliphatic carbocycles. The second-order valence-corrected chi connectivity index (χ2v) is 5.63. The predicted octanol–water partition coefficient (Wildman–Crippen LogP) is 2.46. The van der Waals surface area contributed by atoms with Crippen molar-refractivity contribution in [2.75, 3.05) is 11.1 Å². The molecule has 1 aromatic carbocycles. The number of rotatable bonds is 1. The molecule has 1 heterocycles. The van der Waals surface area contributed by atoms with Crippen molar-refractivity contribution in [3.8, 4) is 0 Å². The monoisotopic (exact) mass is 251 g/mol. The van der Waals surface area contributed by atoms with Gasteiger partial charge in [0.15, 0.2) is 0 Å². The SMILES string of the molecule is CC1(C)CSc2cccc(C(=O)O)c2NC1=O. The van der Waals surface area contributed by atoms with Gasteiger partial charge in [-0.2, -0.15) is 0 Å². The Balaban J connectivity index is 2.51. The van der Waals surface area contributed by atoms with E-state index in [4.69, 9.17) is 5.11 Å². The van der Waals surface area contributed by atoms with Crippen molar-refractivity contribution in [1.82, 2.24) is 0 Å². The smallest absolute Gasteiger partial charge is 0.337 e. The molecule has 1 aliphatic heterocycles. The van der Waals surface area contributed by atoms with Crippen LogP contribution in [0, 0.1) is 5.41 Å². The minimum Gasteiger partial charge on any atom is -0.478 e. The first-order valence-corrected chi connectivity index (χ1v) is 6.21. The Morgan fingerprint density at radius 1 is 1.47 bits per heavy atom. The number of aromatic carboxylic acids is 1. The Bertz CT molecular complexity index is 497. The number of hydrogen-bond acceptors (Lipinski definition) is 3. The Labute approximate surface area is 103 Å². The lowest BCUT2D eigenvalue weighted by Gasteiger charge is -2.19. The molecular weight excluding hydrogens is 238 g/mol. The third-order valence-electron chi connectivity index (χ3n) is 2.70. The number of anilines is 1. The standard InChI is InChI=1S/C12H13NO3S/c1-12(2)6-17-8-5-3-4-7(10(14)15)9(8)13-11(12)16/h3-5H,6H2,1-2H3,(H,13,16)(H,14,15). The van der Waals surface area contributed by atoms with E-state index in [1.165, 1.54) is 17.8 Å². The summed E-state index contributed by atoms with van der Waals surface area (Å²) in [6.45, 7) is 3.70. The summed E-state index contributed by atoms with van der Waals surface area (Å²) in [5, 5.41) is 11.8. The molecule has 17 heavy (non-hydrogen) atoms. The Morgan fingerprint density at radius 3 is 2.82 bits per heavy atom. The van der Waals surface area contributed by atoms with Gasteiger partial charge in [-0.25, -0.2) is 4.79 Å². The molecular formula is C12H13NO3S. The fourth-order valence-electron chi connectivity index (χ4n) is 1.57. The highest BCUT2D eigenvalue weighted by molar-refractivity contribution is 7.99. The van der Waals surface area contributed by atoms with Gasteiger partial charge in [0.2, 0.25) is 5.91 Å². The molecule has 90 valence electrons. The van der Waals surface area contributed by atoms with Crippen LogP contribution in [0.25, 0.3) is 0 Å². The van der Waals surface area contributed by atoms with Crippen molar-refractivity contribution >= 4 is 29.3 Å². The van der Waals surface area contributed by atoms with Crippen molar-refractivity contribution in [3.63, 3.8) is 0 Å². The lowest BCUT2D eigenvalue weighted by atomic mass is 9.95. The third-order valence-corrected chi connectivity index (χ3v) is 4.22. The maximum absolute atomic E-state index is 12.0. The molecule has 1 aliphatic rings. The van der Waals surface area contributed by atoms with Crippen LogP contribution in [-0.2, 0) is 4.79 Å². The Kier molecular flexibility index (Phi) is 2.87. The topological polar surface area (TPSA) is 66.4 Å². The van der Waals surface area contributed by atoms with Gasteiger partial charge in [0.25, 0.3) is 0 Å². The molecule has 1 aromatic rings. The molecule has 0 spiro atoms. The third kappa shape index (κ3) is 2.15. The first-order valence-electron chi connectivity index (χ1n) is 5.22. The van der Waals surface area contributed by atoms with E-state index in [1.807, 2.05) is 19.9 Å². The minimum absolute atomic E-state index is 0.140. The van der Waals surface area contributed by atoms with Crippen LogP contribution >= 0.6 is 11.8 Å². The van der Waals surface area contributed by atoms with Crippen LogP contribution in [0.15, 0.2) is 23.1 Å².